The lowest BCUT2D eigenvalue weighted by atomic mass is 10.1. The first kappa shape index (κ1) is 19.9. The summed E-state index contributed by atoms with van der Waals surface area (Å²) in [6.07, 6.45) is 1.32. The molecule has 0 aliphatic rings. The molecule has 6 nitrogen and oxygen atoms in total. The molecular formula is C22H15ClN2O4. The van der Waals surface area contributed by atoms with Crippen LogP contribution in [-0.2, 0) is 4.79 Å². The molecule has 0 saturated heterocycles. The fraction of sp³-hybridized carbons (Fsp3) is 0.0455. The second-order valence-corrected chi connectivity index (χ2v) is 6.53. The van der Waals surface area contributed by atoms with Gasteiger partial charge in [0.05, 0.1) is 5.56 Å². The summed E-state index contributed by atoms with van der Waals surface area (Å²) in [7, 11) is 0. The van der Waals surface area contributed by atoms with Gasteiger partial charge in [-0.05, 0) is 48.9 Å². The van der Waals surface area contributed by atoms with E-state index in [-0.39, 0.29) is 16.9 Å². The van der Waals surface area contributed by atoms with Gasteiger partial charge in [-0.1, -0.05) is 29.8 Å². The van der Waals surface area contributed by atoms with Crippen molar-refractivity contribution < 1.29 is 19.1 Å². The molecular weight excluding hydrogens is 392 g/mol. The van der Waals surface area contributed by atoms with E-state index in [0.717, 1.165) is 0 Å². The van der Waals surface area contributed by atoms with Gasteiger partial charge in [0.2, 0.25) is 0 Å². The smallest absolute Gasteiger partial charge is 0.335 e. The predicted octanol–water partition coefficient (Wildman–Crippen LogP) is 5.15. The molecule has 1 heterocycles. The molecule has 2 N–H and O–H groups in total. The lowest BCUT2D eigenvalue weighted by Crippen LogP contribution is -2.14. The van der Waals surface area contributed by atoms with E-state index >= 15 is 0 Å². The quantitative estimate of drug-likeness (QED) is 0.450. The van der Waals surface area contributed by atoms with Crippen LogP contribution in [0.4, 0.5) is 5.69 Å². The number of hydrogen-bond acceptors (Lipinski definition) is 4. The van der Waals surface area contributed by atoms with Gasteiger partial charge in [-0.3, -0.25) is 4.79 Å². The molecule has 0 radical (unpaired) electrons. The fourth-order valence-corrected chi connectivity index (χ4v) is 2.79. The van der Waals surface area contributed by atoms with Crippen molar-refractivity contribution >= 4 is 35.2 Å². The van der Waals surface area contributed by atoms with Crippen molar-refractivity contribution in [3.8, 4) is 17.4 Å². The van der Waals surface area contributed by atoms with Crippen molar-refractivity contribution in [2.75, 3.05) is 5.32 Å². The van der Waals surface area contributed by atoms with E-state index in [0.29, 0.717) is 27.6 Å². The number of hydrogen-bond donors (Lipinski definition) is 2. The molecule has 0 unspecified atom stereocenters. The number of anilines is 1. The number of carbonyl (C=O) groups excluding carboxylic acids is 1. The summed E-state index contributed by atoms with van der Waals surface area (Å²) in [6, 6.07) is 16.5. The number of nitriles is 1. The summed E-state index contributed by atoms with van der Waals surface area (Å²) >= 11 is 6.05. The van der Waals surface area contributed by atoms with Gasteiger partial charge in [0.1, 0.15) is 23.2 Å². The van der Waals surface area contributed by atoms with E-state index in [9.17, 15) is 14.9 Å². The zero-order chi connectivity index (χ0) is 21.0. The Labute approximate surface area is 171 Å². The first-order valence-corrected chi connectivity index (χ1v) is 8.88. The third-order valence-electron chi connectivity index (χ3n) is 4.19. The Morgan fingerprint density at radius 3 is 2.66 bits per heavy atom. The van der Waals surface area contributed by atoms with Gasteiger partial charge in [-0.2, -0.15) is 5.26 Å². The number of amides is 1. The summed E-state index contributed by atoms with van der Waals surface area (Å²) in [5.41, 5.74) is 1.75. The van der Waals surface area contributed by atoms with Crippen molar-refractivity contribution in [3.63, 3.8) is 0 Å². The summed E-state index contributed by atoms with van der Waals surface area (Å²) in [4.78, 5) is 23.6. The third kappa shape index (κ3) is 4.54. The Balaban J connectivity index is 1.84. The van der Waals surface area contributed by atoms with Crippen molar-refractivity contribution in [3.05, 3.63) is 82.1 Å². The molecule has 0 saturated carbocycles. The number of nitrogens with zero attached hydrogens (tertiary/aromatic N) is 1. The number of carbonyl (C=O) groups is 2. The Bertz CT molecular complexity index is 1170. The van der Waals surface area contributed by atoms with Crippen molar-refractivity contribution in [1.29, 1.82) is 5.26 Å². The first-order valence-electron chi connectivity index (χ1n) is 8.51. The van der Waals surface area contributed by atoms with Crippen LogP contribution in [-0.4, -0.2) is 17.0 Å². The van der Waals surface area contributed by atoms with Gasteiger partial charge in [0.25, 0.3) is 5.91 Å². The molecule has 2 aromatic carbocycles. The molecule has 7 heteroatoms. The zero-order valence-electron chi connectivity index (χ0n) is 15.3. The molecule has 0 aliphatic carbocycles. The van der Waals surface area contributed by atoms with Crippen LogP contribution in [0.1, 0.15) is 21.7 Å². The number of aromatic carboxylic acids is 1. The second-order valence-electron chi connectivity index (χ2n) is 6.12. The minimum Gasteiger partial charge on any atom is -0.478 e. The van der Waals surface area contributed by atoms with E-state index in [1.807, 2.05) is 6.07 Å². The summed E-state index contributed by atoms with van der Waals surface area (Å²) in [5, 5.41) is 21.6. The Kier molecular flexibility index (Phi) is 5.82. The average Bonchev–Trinajstić information content (AvgIpc) is 3.18. The summed E-state index contributed by atoms with van der Waals surface area (Å²) in [6.45, 7) is 1.76. The molecule has 0 fully saturated rings. The molecule has 144 valence electrons. The number of halogens is 1. The van der Waals surface area contributed by atoms with E-state index < -0.39 is 11.9 Å². The van der Waals surface area contributed by atoms with Crippen LogP contribution >= 0.6 is 11.6 Å². The number of rotatable bonds is 5. The van der Waals surface area contributed by atoms with Crippen LogP contribution in [0.5, 0.6) is 0 Å². The lowest BCUT2D eigenvalue weighted by molar-refractivity contribution is -0.112. The Morgan fingerprint density at radius 1 is 1.17 bits per heavy atom. The topological polar surface area (TPSA) is 103 Å². The average molecular weight is 407 g/mol. The number of furan rings is 1. The lowest BCUT2D eigenvalue weighted by Gasteiger charge is -2.08. The number of nitrogens with one attached hydrogen (secondary N) is 1. The van der Waals surface area contributed by atoms with Crippen LogP contribution in [0.15, 0.2) is 64.6 Å². The molecule has 1 aromatic heterocycles. The predicted molar refractivity (Wildman–Crippen MR) is 110 cm³/mol. The highest BCUT2D eigenvalue weighted by atomic mass is 35.5. The van der Waals surface area contributed by atoms with Crippen LogP contribution in [0.3, 0.4) is 0 Å². The van der Waals surface area contributed by atoms with Gasteiger partial charge < -0.3 is 14.8 Å². The van der Waals surface area contributed by atoms with Gasteiger partial charge >= 0.3 is 5.97 Å². The minimum atomic E-state index is -1.04. The van der Waals surface area contributed by atoms with Crippen LogP contribution in [0, 0.1) is 18.3 Å². The van der Waals surface area contributed by atoms with Crippen LogP contribution in [0.25, 0.3) is 17.4 Å². The normalized spacial score (nSPS) is 11.0. The number of benzene rings is 2. The van der Waals surface area contributed by atoms with Crippen LogP contribution < -0.4 is 5.32 Å². The highest BCUT2D eigenvalue weighted by Gasteiger charge is 2.14. The molecule has 0 spiro atoms. The largest absolute Gasteiger partial charge is 0.478 e. The summed E-state index contributed by atoms with van der Waals surface area (Å²) in [5.74, 6) is -0.931. The van der Waals surface area contributed by atoms with E-state index in [2.05, 4.69) is 5.32 Å². The van der Waals surface area contributed by atoms with Gasteiger partial charge in [-0.15, -0.1) is 0 Å². The summed E-state index contributed by atoms with van der Waals surface area (Å²) < 4.78 is 5.66. The maximum absolute atomic E-state index is 12.5. The Hall–Kier alpha value is -3.82. The van der Waals surface area contributed by atoms with Crippen molar-refractivity contribution in [2.24, 2.45) is 0 Å². The highest BCUT2D eigenvalue weighted by molar-refractivity contribution is 6.31. The van der Waals surface area contributed by atoms with E-state index in [1.54, 1.807) is 49.4 Å². The second kappa shape index (κ2) is 8.46. The molecule has 0 atom stereocenters. The van der Waals surface area contributed by atoms with Gasteiger partial charge in [0, 0.05) is 22.3 Å². The standard InChI is InChI=1S/C22H15ClN2O4/c1-13-18(23)6-3-7-19(13)25-21(26)16(12-24)11-17-8-9-20(29-17)14-4-2-5-15(10-14)22(27)28/h2-11H,1H3,(H,25,26)(H,27,28)/b16-11+. The molecule has 29 heavy (non-hydrogen) atoms. The monoisotopic (exact) mass is 406 g/mol. The Morgan fingerprint density at radius 2 is 1.93 bits per heavy atom. The minimum absolute atomic E-state index is 0.130. The molecule has 1 amide bonds. The fourth-order valence-electron chi connectivity index (χ4n) is 2.61. The van der Waals surface area contributed by atoms with Crippen LogP contribution in [0.2, 0.25) is 5.02 Å². The molecule has 3 rings (SSSR count). The van der Waals surface area contributed by atoms with E-state index in [1.165, 1.54) is 18.2 Å². The maximum Gasteiger partial charge on any atom is 0.335 e. The van der Waals surface area contributed by atoms with Crippen molar-refractivity contribution in [2.45, 2.75) is 6.92 Å². The van der Waals surface area contributed by atoms with Gasteiger partial charge in [-0.25, -0.2) is 4.79 Å². The molecule has 0 aliphatic heterocycles. The van der Waals surface area contributed by atoms with Crippen molar-refractivity contribution in [1.82, 2.24) is 0 Å². The molecule has 0 bridgehead atoms. The highest BCUT2D eigenvalue weighted by Crippen LogP contribution is 2.26. The third-order valence-corrected chi connectivity index (χ3v) is 4.60. The van der Waals surface area contributed by atoms with Gasteiger partial charge in [0.15, 0.2) is 0 Å². The zero-order valence-corrected chi connectivity index (χ0v) is 16.0. The number of carboxylic acid groups (broad SMARTS) is 1. The first-order chi connectivity index (χ1) is 13.9. The molecule has 3 aromatic rings. The SMILES string of the molecule is Cc1c(Cl)cccc1NC(=O)/C(C#N)=C/c1ccc(-c2cccc(C(=O)O)c2)o1. The maximum atomic E-state index is 12.5. The van der Waals surface area contributed by atoms with E-state index in [4.69, 9.17) is 21.1 Å². The number of carboxylic acids is 1.